The Labute approximate surface area is 108 Å². The standard InChI is InChI=1S/C12H12BrN3O/c1-8-3-5-9(6-4-8)15-12-14-7-10(13)11(16-12)17-2/h3-7H,1-2H3,(H,14,15,16). The second kappa shape index (κ2) is 5.14. The van der Waals surface area contributed by atoms with Crippen molar-refractivity contribution in [3.05, 3.63) is 40.5 Å². The number of halogens is 1. The molecule has 0 spiro atoms. The maximum absolute atomic E-state index is 5.10. The molecule has 1 aromatic carbocycles. The van der Waals surface area contributed by atoms with E-state index in [1.807, 2.05) is 31.2 Å². The summed E-state index contributed by atoms with van der Waals surface area (Å²) in [6.45, 7) is 2.04. The van der Waals surface area contributed by atoms with Crippen molar-refractivity contribution in [1.82, 2.24) is 9.97 Å². The number of aryl methyl sites for hydroxylation is 1. The van der Waals surface area contributed by atoms with Gasteiger partial charge in [-0.05, 0) is 35.0 Å². The van der Waals surface area contributed by atoms with Crippen LogP contribution >= 0.6 is 15.9 Å². The highest BCUT2D eigenvalue weighted by molar-refractivity contribution is 9.10. The number of methoxy groups -OCH3 is 1. The van der Waals surface area contributed by atoms with E-state index in [4.69, 9.17) is 4.74 Å². The van der Waals surface area contributed by atoms with Crippen LogP contribution in [-0.2, 0) is 0 Å². The van der Waals surface area contributed by atoms with Crippen LogP contribution in [0.1, 0.15) is 5.56 Å². The second-order valence-electron chi connectivity index (χ2n) is 3.54. The summed E-state index contributed by atoms with van der Waals surface area (Å²) >= 11 is 3.31. The Kier molecular flexibility index (Phi) is 3.58. The van der Waals surface area contributed by atoms with Gasteiger partial charge in [-0.25, -0.2) is 4.98 Å². The molecule has 17 heavy (non-hydrogen) atoms. The molecule has 0 saturated carbocycles. The van der Waals surface area contributed by atoms with Gasteiger partial charge in [0.25, 0.3) is 0 Å². The zero-order valence-electron chi connectivity index (χ0n) is 9.57. The number of hydrogen-bond donors (Lipinski definition) is 1. The fourth-order valence-corrected chi connectivity index (χ4v) is 1.67. The third-order valence-electron chi connectivity index (χ3n) is 2.21. The van der Waals surface area contributed by atoms with Crippen LogP contribution in [0.3, 0.4) is 0 Å². The Morgan fingerprint density at radius 2 is 1.94 bits per heavy atom. The van der Waals surface area contributed by atoms with Gasteiger partial charge in [-0.2, -0.15) is 4.98 Å². The highest BCUT2D eigenvalue weighted by Crippen LogP contribution is 2.23. The van der Waals surface area contributed by atoms with E-state index in [-0.39, 0.29) is 0 Å². The minimum absolute atomic E-state index is 0.508. The number of benzene rings is 1. The maximum Gasteiger partial charge on any atom is 0.232 e. The van der Waals surface area contributed by atoms with Crippen LogP contribution in [-0.4, -0.2) is 17.1 Å². The van der Waals surface area contributed by atoms with Gasteiger partial charge in [0.15, 0.2) is 0 Å². The van der Waals surface area contributed by atoms with Crippen molar-refractivity contribution in [3.8, 4) is 5.88 Å². The monoisotopic (exact) mass is 293 g/mol. The van der Waals surface area contributed by atoms with Crippen LogP contribution in [0.4, 0.5) is 11.6 Å². The largest absolute Gasteiger partial charge is 0.480 e. The van der Waals surface area contributed by atoms with Crippen molar-refractivity contribution in [2.75, 3.05) is 12.4 Å². The molecule has 1 aromatic heterocycles. The third kappa shape index (κ3) is 2.94. The van der Waals surface area contributed by atoms with Gasteiger partial charge in [-0.15, -0.1) is 0 Å². The minimum Gasteiger partial charge on any atom is -0.480 e. The van der Waals surface area contributed by atoms with Gasteiger partial charge in [0.05, 0.1) is 17.8 Å². The van der Waals surface area contributed by atoms with Gasteiger partial charge in [0.2, 0.25) is 11.8 Å². The normalized spacial score (nSPS) is 10.1. The van der Waals surface area contributed by atoms with E-state index in [1.54, 1.807) is 13.3 Å². The number of nitrogens with one attached hydrogen (secondary N) is 1. The Morgan fingerprint density at radius 3 is 2.59 bits per heavy atom. The number of anilines is 2. The molecular weight excluding hydrogens is 282 g/mol. The average molecular weight is 294 g/mol. The molecule has 0 atom stereocenters. The molecule has 2 rings (SSSR count). The number of nitrogens with zero attached hydrogens (tertiary/aromatic N) is 2. The molecule has 2 aromatic rings. The lowest BCUT2D eigenvalue weighted by molar-refractivity contribution is 0.394. The van der Waals surface area contributed by atoms with Gasteiger partial charge < -0.3 is 10.1 Å². The molecule has 1 N–H and O–H groups in total. The highest BCUT2D eigenvalue weighted by atomic mass is 79.9. The van der Waals surface area contributed by atoms with Crippen molar-refractivity contribution in [2.24, 2.45) is 0 Å². The third-order valence-corrected chi connectivity index (χ3v) is 2.76. The second-order valence-corrected chi connectivity index (χ2v) is 4.40. The molecule has 0 aliphatic heterocycles. The topological polar surface area (TPSA) is 47.0 Å². The molecule has 88 valence electrons. The van der Waals surface area contributed by atoms with Crippen molar-refractivity contribution in [2.45, 2.75) is 6.92 Å². The van der Waals surface area contributed by atoms with Crippen LogP contribution < -0.4 is 10.1 Å². The number of hydrogen-bond acceptors (Lipinski definition) is 4. The molecule has 0 saturated heterocycles. The zero-order chi connectivity index (χ0) is 12.3. The molecule has 4 nitrogen and oxygen atoms in total. The first-order valence-corrected chi connectivity index (χ1v) is 5.88. The zero-order valence-corrected chi connectivity index (χ0v) is 11.2. The quantitative estimate of drug-likeness (QED) is 0.943. The summed E-state index contributed by atoms with van der Waals surface area (Å²) in [5.41, 5.74) is 2.16. The van der Waals surface area contributed by atoms with Crippen LogP contribution in [0, 0.1) is 6.92 Å². The van der Waals surface area contributed by atoms with Gasteiger partial charge in [-0.3, -0.25) is 0 Å². The molecule has 0 fully saturated rings. The molecular formula is C12H12BrN3O. The number of aromatic nitrogens is 2. The predicted molar refractivity (Wildman–Crippen MR) is 70.7 cm³/mol. The van der Waals surface area contributed by atoms with E-state index in [9.17, 15) is 0 Å². The van der Waals surface area contributed by atoms with Gasteiger partial charge in [-0.1, -0.05) is 17.7 Å². The molecule has 0 aliphatic rings. The van der Waals surface area contributed by atoms with Gasteiger partial charge in [0, 0.05) is 5.69 Å². The first kappa shape index (κ1) is 11.9. The average Bonchev–Trinajstić information content (AvgIpc) is 2.34. The van der Waals surface area contributed by atoms with E-state index in [0.717, 1.165) is 10.2 Å². The summed E-state index contributed by atoms with van der Waals surface area (Å²) in [5, 5.41) is 3.11. The molecule has 0 aliphatic carbocycles. The Morgan fingerprint density at radius 1 is 1.24 bits per heavy atom. The Hall–Kier alpha value is -1.62. The SMILES string of the molecule is COc1nc(Nc2ccc(C)cc2)ncc1Br. The van der Waals surface area contributed by atoms with Crippen LogP contribution in [0.5, 0.6) is 5.88 Å². The summed E-state index contributed by atoms with van der Waals surface area (Å²) in [7, 11) is 1.57. The molecule has 0 radical (unpaired) electrons. The summed E-state index contributed by atoms with van der Waals surface area (Å²) in [6, 6.07) is 8.01. The van der Waals surface area contributed by atoms with Gasteiger partial charge >= 0.3 is 0 Å². The van der Waals surface area contributed by atoms with E-state index >= 15 is 0 Å². The molecule has 0 unspecified atom stereocenters. The Bertz CT molecular complexity index is 514. The van der Waals surface area contributed by atoms with Crippen molar-refractivity contribution < 1.29 is 4.74 Å². The van der Waals surface area contributed by atoms with Crippen LogP contribution in [0.2, 0.25) is 0 Å². The lowest BCUT2D eigenvalue weighted by atomic mass is 10.2. The van der Waals surface area contributed by atoms with E-state index in [2.05, 4.69) is 31.2 Å². The fourth-order valence-electron chi connectivity index (χ4n) is 1.32. The summed E-state index contributed by atoms with van der Waals surface area (Å²) in [4.78, 5) is 8.37. The minimum atomic E-state index is 0.508. The van der Waals surface area contributed by atoms with E-state index in [0.29, 0.717) is 11.8 Å². The van der Waals surface area contributed by atoms with Gasteiger partial charge in [0.1, 0.15) is 0 Å². The predicted octanol–water partition coefficient (Wildman–Crippen LogP) is 3.30. The fraction of sp³-hybridized carbons (Fsp3) is 0.167. The maximum atomic E-state index is 5.10. The van der Waals surface area contributed by atoms with Crippen molar-refractivity contribution in [3.63, 3.8) is 0 Å². The van der Waals surface area contributed by atoms with Crippen molar-refractivity contribution >= 4 is 27.6 Å². The number of ether oxygens (including phenoxy) is 1. The molecule has 0 bridgehead atoms. The van der Waals surface area contributed by atoms with E-state index in [1.165, 1.54) is 5.56 Å². The molecule has 5 heteroatoms. The summed E-state index contributed by atoms with van der Waals surface area (Å²) < 4.78 is 5.84. The van der Waals surface area contributed by atoms with Crippen molar-refractivity contribution in [1.29, 1.82) is 0 Å². The highest BCUT2D eigenvalue weighted by Gasteiger charge is 2.04. The first-order chi connectivity index (χ1) is 8.19. The molecule has 0 amide bonds. The summed E-state index contributed by atoms with van der Waals surface area (Å²) in [6.07, 6.45) is 1.66. The molecule has 1 heterocycles. The van der Waals surface area contributed by atoms with E-state index < -0.39 is 0 Å². The summed E-state index contributed by atoms with van der Waals surface area (Å²) in [5.74, 6) is 1.02. The van der Waals surface area contributed by atoms with Crippen LogP contribution in [0.25, 0.3) is 0 Å². The lowest BCUT2D eigenvalue weighted by Crippen LogP contribution is -1.99. The smallest absolute Gasteiger partial charge is 0.232 e. The Balaban J connectivity index is 2.21. The first-order valence-electron chi connectivity index (χ1n) is 5.09. The number of rotatable bonds is 3. The lowest BCUT2D eigenvalue weighted by Gasteiger charge is -2.07. The van der Waals surface area contributed by atoms with Crippen LogP contribution in [0.15, 0.2) is 34.9 Å².